The van der Waals surface area contributed by atoms with Gasteiger partial charge in [-0.3, -0.25) is 9.09 Å². The summed E-state index contributed by atoms with van der Waals surface area (Å²) in [6, 6.07) is 0. The number of quaternary nitrogens is 1. The molecule has 0 saturated carbocycles. The molecule has 0 spiro atoms. The molecule has 0 bridgehead atoms. The van der Waals surface area contributed by atoms with Crippen molar-refractivity contribution < 1.29 is 23.4 Å². The molecule has 0 aliphatic carbocycles. The van der Waals surface area contributed by atoms with E-state index < -0.39 is 7.82 Å². The third-order valence-corrected chi connectivity index (χ3v) is 2.63. The molecule has 0 amide bonds. The van der Waals surface area contributed by atoms with Crippen LogP contribution < -0.4 is 10.2 Å². The highest BCUT2D eigenvalue weighted by atomic mass is 31.2. The highest BCUT2D eigenvalue weighted by molar-refractivity contribution is 7.44. The van der Waals surface area contributed by atoms with E-state index in [0.717, 1.165) is 26.2 Å². The van der Waals surface area contributed by atoms with Crippen LogP contribution in [0.25, 0.3) is 0 Å². The summed E-state index contributed by atoms with van der Waals surface area (Å²) in [6.45, 7) is 3.31. The van der Waals surface area contributed by atoms with E-state index in [-0.39, 0.29) is 6.73 Å². The van der Waals surface area contributed by atoms with E-state index in [9.17, 15) is 9.46 Å². The molecule has 1 unspecified atom stereocenters. The van der Waals surface area contributed by atoms with Crippen LogP contribution in [0.3, 0.4) is 0 Å². The first-order valence-corrected chi connectivity index (χ1v) is 5.63. The maximum Gasteiger partial charge on any atom is 0.269 e. The van der Waals surface area contributed by atoms with Crippen molar-refractivity contribution in [2.24, 2.45) is 0 Å². The topological polar surface area (TPSA) is 81.6 Å². The summed E-state index contributed by atoms with van der Waals surface area (Å²) in [5.41, 5.74) is 0. The Morgan fingerprint density at radius 1 is 1.62 bits per heavy atom. The molecule has 1 atom stereocenters. The lowest BCUT2D eigenvalue weighted by atomic mass is 10.3. The Kier molecular flexibility index (Phi) is 3.45. The van der Waals surface area contributed by atoms with Crippen LogP contribution in [0, 0.1) is 0 Å². The molecule has 0 aromatic carbocycles. The number of phosphoric acid groups is 1. The summed E-state index contributed by atoms with van der Waals surface area (Å²) in [5, 5.41) is 3.16. The first-order valence-electron chi connectivity index (χ1n) is 4.14. The van der Waals surface area contributed by atoms with E-state index in [0.29, 0.717) is 4.48 Å². The summed E-state index contributed by atoms with van der Waals surface area (Å²) in [4.78, 5) is 18.8. The van der Waals surface area contributed by atoms with E-state index in [2.05, 4.69) is 9.84 Å². The summed E-state index contributed by atoms with van der Waals surface area (Å²) in [5.74, 6) is 0. The second-order valence-corrected chi connectivity index (χ2v) is 4.74. The van der Waals surface area contributed by atoms with Crippen LogP contribution in [0.4, 0.5) is 0 Å². The second kappa shape index (κ2) is 4.04. The molecule has 13 heavy (non-hydrogen) atoms. The average Bonchev–Trinajstić information content (AvgIpc) is 2.02. The molecule has 1 rings (SSSR count). The lowest BCUT2D eigenvalue weighted by molar-refractivity contribution is -0.926. The monoisotopic (exact) mass is 210 g/mol. The maximum atomic E-state index is 10.4. The number of nitrogens with zero attached hydrogens (tertiary/aromatic N) is 1. The van der Waals surface area contributed by atoms with Gasteiger partial charge in [0.25, 0.3) is 7.82 Å². The summed E-state index contributed by atoms with van der Waals surface area (Å²) in [7, 11) is -2.66. The van der Waals surface area contributed by atoms with E-state index in [4.69, 9.17) is 4.89 Å². The number of likely N-dealkylation sites (N-methyl/N-ethyl adjacent to an activating group) is 1. The van der Waals surface area contributed by atoms with Crippen LogP contribution in [0.1, 0.15) is 0 Å². The molecular formula is C6H15N2O4P. The summed E-state index contributed by atoms with van der Waals surface area (Å²) in [6.07, 6.45) is 0. The molecule has 2 N–H and O–H groups in total. The Morgan fingerprint density at radius 2 is 2.15 bits per heavy atom. The predicted molar refractivity (Wildman–Crippen MR) is 44.6 cm³/mol. The van der Waals surface area contributed by atoms with E-state index >= 15 is 0 Å². The maximum absolute atomic E-state index is 10.4. The Morgan fingerprint density at radius 3 is 2.62 bits per heavy atom. The van der Waals surface area contributed by atoms with Crippen molar-refractivity contribution >= 4 is 7.82 Å². The van der Waals surface area contributed by atoms with Crippen molar-refractivity contribution in [3.8, 4) is 0 Å². The third-order valence-electron chi connectivity index (χ3n) is 2.19. The fourth-order valence-electron chi connectivity index (χ4n) is 1.28. The normalized spacial score (nSPS) is 26.7. The van der Waals surface area contributed by atoms with Gasteiger partial charge in [-0.1, -0.05) is 0 Å². The zero-order valence-corrected chi connectivity index (χ0v) is 8.50. The van der Waals surface area contributed by atoms with Gasteiger partial charge in [0.15, 0.2) is 6.73 Å². The van der Waals surface area contributed by atoms with Crippen molar-refractivity contribution in [2.75, 3.05) is 40.0 Å². The highest BCUT2D eigenvalue weighted by Gasteiger charge is 2.25. The molecule has 1 aliphatic heterocycles. The molecule has 1 aliphatic rings. The molecule has 7 heteroatoms. The van der Waals surface area contributed by atoms with Gasteiger partial charge in [0.05, 0.1) is 20.1 Å². The molecule has 0 radical (unpaired) electrons. The Labute approximate surface area is 77.3 Å². The van der Waals surface area contributed by atoms with Gasteiger partial charge in [0, 0.05) is 13.1 Å². The van der Waals surface area contributed by atoms with Gasteiger partial charge in [-0.2, -0.15) is 0 Å². The third kappa shape index (κ3) is 4.17. The van der Waals surface area contributed by atoms with Crippen LogP contribution in [0.15, 0.2) is 0 Å². The fourth-order valence-corrected chi connectivity index (χ4v) is 1.70. The van der Waals surface area contributed by atoms with Crippen molar-refractivity contribution in [1.82, 2.24) is 5.32 Å². The smallest absolute Gasteiger partial charge is 0.269 e. The lowest BCUT2D eigenvalue weighted by Gasteiger charge is -2.38. The summed E-state index contributed by atoms with van der Waals surface area (Å²) < 4.78 is 15.2. The van der Waals surface area contributed by atoms with Crippen molar-refractivity contribution in [3.63, 3.8) is 0 Å². The standard InChI is InChI=1S/C6H15N2O4P/c1-8(4-2-7-3-5-8)6-12-13(9,10)11/h7H,2-6H2,1H3,(H-,9,10,11). The molecule has 6 nitrogen and oxygen atoms in total. The van der Waals surface area contributed by atoms with Crippen LogP contribution >= 0.6 is 7.82 Å². The van der Waals surface area contributed by atoms with E-state index in [1.807, 2.05) is 7.05 Å². The van der Waals surface area contributed by atoms with Crippen LogP contribution in [0.2, 0.25) is 0 Å². The Balaban J connectivity index is 2.37. The van der Waals surface area contributed by atoms with Crippen LogP contribution in [-0.2, 0) is 9.09 Å². The molecule has 1 heterocycles. The highest BCUT2D eigenvalue weighted by Crippen LogP contribution is 2.31. The lowest BCUT2D eigenvalue weighted by Crippen LogP contribution is -2.56. The summed E-state index contributed by atoms with van der Waals surface area (Å²) >= 11 is 0. The Bertz CT molecular complexity index is 211. The molecule has 1 fully saturated rings. The second-order valence-electron chi connectivity index (χ2n) is 3.54. The van der Waals surface area contributed by atoms with Gasteiger partial charge < -0.3 is 19.6 Å². The minimum atomic E-state index is -4.56. The first-order chi connectivity index (χ1) is 5.91. The minimum absolute atomic E-state index is 0.0129. The molecule has 0 aromatic rings. The van der Waals surface area contributed by atoms with Crippen molar-refractivity contribution in [2.45, 2.75) is 0 Å². The van der Waals surface area contributed by atoms with Gasteiger partial charge in [-0.25, -0.2) is 0 Å². The molecular weight excluding hydrogens is 195 g/mol. The van der Waals surface area contributed by atoms with Gasteiger partial charge in [-0.05, 0) is 0 Å². The minimum Gasteiger partial charge on any atom is -0.756 e. The number of hydrogen-bond donors (Lipinski definition) is 2. The number of piperazine rings is 1. The van der Waals surface area contributed by atoms with Gasteiger partial charge in [0.2, 0.25) is 0 Å². The molecule has 1 saturated heterocycles. The zero-order valence-electron chi connectivity index (χ0n) is 7.60. The first kappa shape index (κ1) is 11.1. The Hall–Kier alpha value is 0.0300. The van der Waals surface area contributed by atoms with Crippen LogP contribution in [0.5, 0.6) is 0 Å². The quantitative estimate of drug-likeness (QED) is 0.436. The largest absolute Gasteiger partial charge is 0.756 e. The number of rotatable bonds is 3. The van der Waals surface area contributed by atoms with Crippen LogP contribution in [-0.4, -0.2) is 49.3 Å². The van der Waals surface area contributed by atoms with Crippen molar-refractivity contribution in [1.29, 1.82) is 0 Å². The average molecular weight is 210 g/mol. The number of phosphoric ester groups is 1. The van der Waals surface area contributed by atoms with Gasteiger partial charge >= 0.3 is 0 Å². The number of nitrogens with one attached hydrogen (secondary N) is 1. The SMILES string of the molecule is C[N+]1(COP(=O)([O-])O)CCNCC1. The zero-order chi connectivity index (χ0) is 9.95. The fraction of sp³-hybridized carbons (Fsp3) is 1.00. The van der Waals surface area contributed by atoms with E-state index in [1.54, 1.807) is 0 Å². The van der Waals surface area contributed by atoms with E-state index in [1.165, 1.54) is 0 Å². The van der Waals surface area contributed by atoms with Gasteiger partial charge in [0.1, 0.15) is 0 Å². The number of hydrogen-bond acceptors (Lipinski definition) is 4. The predicted octanol–water partition coefficient (Wildman–Crippen LogP) is -1.53. The molecule has 0 aromatic heterocycles. The van der Waals surface area contributed by atoms with Gasteiger partial charge in [-0.15, -0.1) is 0 Å². The van der Waals surface area contributed by atoms with Crippen molar-refractivity contribution in [3.05, 3.63) is 0 Å². The molecule has 78 valence electrons.